The molecule has 0 aromatic heterocycles. The first-order valence-corrected chi connectivity index (χ1v) is 10.1. The third-order valence-electron chi connectivity index (χ3n) is 6.86. The third kappa shape index (κ3) is 2.02. The lowest BCUT2D eigenvalue weighted by Gasteiger charge is -2.49. The van der Waals surface area contributed by atoms with Crippen LogP contribution in [0, 0.1) is 17.8 Å². The molecule has 25 heavy (non-hydrogen) atoms. The van der Waals surface area contributed by atoms with Gasteiger partial charge in [-0.05, 0) is 72.3 Å². The lowest BCUT2D eigenvalue weighted by Crippen LogP contribution is -2.42. The third-order valence-corrected chi connectivity index (χ3v) is 7.66. The van der Waals surface area contributed by atoms with E-state index in [0.29, 0.717) is 10.9 Å². The summed E-state index contributed by atoms with van der Waals surface area (Å²) in [4.78, 5) is 0. The summed E-state index contributed by atoms with van der Waals surface area (Å²) in [6, 6.07) is 13.0. The molecule has 0 radical (unpaired) electrons. The fourth-order valence-corrected chi connectivity index (χ4v) is 6.39. The van der Waals surface area contributed by atoms with Gasteiger partial charge >= 0.3 is 0 Å². The first kappa shape index (κ1) is 16.0. The maximum absolute atomic E-state index is 6.85. The zero-order chi connectivity index (χ0) is 17.3. The average molecular weight is 369 g/mol. The molecule has 0 aliphatic heterocycles. The molecule has 5 rings (SSSR count). The Morgan fingerprint density at radius 2 is 1.76 bits per heavy atom. The molecule has 3 aliphatic rings. The van der Waals surface area contributed by atoms with Crippen molar-refractivity contribution in [2.75, 3.05) is 0 Å². The van der Waals surface area contributed by atoms with E-state index in [1.807, 2.05) is 6.07 Å². The highest BCUT2D eigenvalue weighted by molar-refractivity contribution is 6.43. The van der Waals surface area contributed by atoms with E-state index in [1.54, 1.807) is 0 Å². The topological polar surface area (TPSA) is 0 Å². The van der Waals surface area contributed by atoms with Crippen molar-refractivity contribution in [2.24, 2.45) is 17.8 Å². The minimum absolute atomic E-state index is 0.108. The zero-order valence-electron chi connectivity index (χ0n) is 14.7. The molecule has 2 heteroatoms. The Morgan fingerprint density at radius 1 is 0.960 bits per heavy atom. The molecule has 0 saturated heterocycles. The van der Waals surface area contributed by atoms with Gasteiger partial charge in [-0.15, -0.1) is 0 Å². The molecule has 128 valence electrons. The van der Waals surface area contributed by atoms with Crippen LogP contribution in [0.5, 0.6) is 0 Å². The lowest BCUT2D eigenvalue weighted by atomic mass is 9.55. The standard InChI is InChI=1S/C23H22Cl2/c1-13-9-15-11-16(10-13)23(12-14(15)2)19-6-4-3-5-17(19)18-7-8-20(24)22(25)21(18)23/h3-8,12-13,15-16H,9-11H2,1-2H3. The van der Waals surface area contributed by atoms with Crippen LogP contribution in [0.15, 0.2) is 48.0 Å². The number of allylic oxidation sites excluding steroid dienone is 2. The summed E-state index contributed by atoms with van der Waals surface area (Å²) in [7, 11) is 0. The largest absolute Gasteiger partial charge is 0.0827 e. The van der Waals surface area contributed by atoms with Crippen molar-refractivity contribution in [3.63, 3.8) is 0 Å². The highest BCUT2D eigenvalue weighted by Gasteiger charge is 2.53. The van der Waals surface area contributed by atoms with Gasteiger partial charge in [0, 0.05) is 5.41 Å². The average Bonchev–Trinajstić information content (AvgIpc) is 2.88. The molecule has 1 spiro atoms. The van der Waals surface area contributed by atoms with Crippen LogP contribution >= 0.6 is 23.2 Å². The highest BCUT2D eigenvalue weighted by Crippen LogP contribution is 2.63. The highest BCUT2D eigenvalue weighted by atomic mass is 35.5. The van der Waals surface area contributed by atoms with Gasteiger partial charge in [-0.3, -0.25) is 0 Å². The summed E-state index contributed by atoms with van der Waals surface area (Å²) < 4.78 is 0. The summed E-state index contributed by atoms with van der Waals surface area (Å²) in [6.07, 6.45) is 6.40. The van der Waals surface area contributed by atoms with Crippen molar-refractivity contribution in [1.29, 1.82) is 0 Å². The second kappa shape index (κ2) is 5.38. The molecule has 0 heterocycles. The number of rotatable bonds is 0. The van der Waals surface area contributed by atoms with Crippen LogP contribution in [0.2, 0.25) is 10.0 Å². The minimum Gasteiger partial charge on any atom is -0.0827 e. The molecule has 0 nitrogen and oxygen atoms in total. The van der Waals surface area contributed by atoms with E-state index >= 15 is 0 Å². The molecular weight excluding hydrogens is 347 g/mol. The summed E-state index contributed by atoms with van der Waals surface area (Å²) in [6.45, 7) is 4.73. The van der Waals surface area contributed by atoms with Crippen LogP contribution in [-0.4, -0.2) is 0 Å². The molecule has 2 bridgehead atoms. The van der Waals surface area contributed by atoms with E-state index in [-0.39, 0.29) is 5.41 Å². The van der Waals surface area contributed by atoms with Gasteiger partial charge in [0.25, 0.3) is 0 Å². The molecule has 3 aliphatic carbocycles. The van der Waals surface area contributed by atoms with Gasteiger partial charge in [0.2, 0.25) is 0 Å². The van der Waals surface area contributed by atoms with E-state index in [4.69, 9.17) is 23.2 Å². The fraction of sp³-hybridized carbons (Fsp3) is 0.391. The fourth-order valence-electron chi connectivity index (χ4n) is 5.91. The van der Waals surface area contributed by atoms with Crippen LogP contribution in [0.25, 0.3) is 11.1 Å². The molecule has 2 aromatic rings. The van der Waals surface area contributed by atoms with E-state index in [1.165, 1.54) is 47.1 Å². The normalized spacial score (nSPS) is 32.3. The van der Waals surface area contributed by atoms with Gasteiger partial charge < -0.3 is 0 Å². The Kier molecular flexibility index (Phi) is 3.44. The number of halogens is 2. The number of fused-ring (bicyclic) bond motifs is 8. The van der Waals surface area contributed by atoms with Crippen molar-refractivity contribution >= 4 is 23.2 Å². The lowest BCUT2D eigenvalue weighted by molar-refractivity contribution is 0.168. The number of hydrogen-bond acceptors (Lipinski definition) is 0. The van der Waals surface area contributed by atoms with Crippen molar-refractivity contribution in [2.45, 2.75) is 38.5 Å². The molecular formula is C23H22Cl2. The number of benzene rings is 2. The smallest absolute Gasteiger partial charge is 0.0642 e. The van der Waals surface area contributed by atoms with Crippen molar-refractivity contribution in [3.05, 3.63) is 69.2 Å². The number of hydrogen-bond donors (Lipinski definition) is 0. The van der Waals surface area contributed by atoms with Crippen LogP contribution in [0.3, 0.4) is 0 Å². The summed E-state index contributed by atoms with van der Waals surface area (Å²) in [5.41, 5.74) is 6.69. The SMILES string of the molecule is CC1=CC2(c3ccccc3-c3ccc(Cl)c(Cl)c32)C2CC(C)CC1C2. The van der Waals surface area contributed by atoms with E-state index in [0.717, 1.165) is 16.9 Å². The van der Waals surface area contributed by atoms with Crippen LogP contribution < -0.4 is 0 Å². The van der Waals surface area contributed by atoms with Crippen LogP contribution in [0.1, 0.15) is 44.2 Å². The summed E-state index contributed by atoms with van der Waals surface area (Å²) in [5, 5.41) is 1.42. The summed E-state index contributed by atoms with van der Waals surface area (Å²) >= 11 is 13.3. The molecule has 2 aromatic carbocycles. The van der Waals surface area contributed by atoms with Gasteiger partial charge in [0.1, 0.15) is 0 Å². The Hall–Kier alpha value is -1.24. The quantitative estimate of drug-likeness (QED) is 0.428. The molecule has 0 amide bonds. The second-order valence-corrected chi connectivity index (χ2v) is 9.08. The molecule has 1 fully saturated rings. The van der Waals surface area contributed by atoms with Crippen molar-refractivity contribution in [1.82, 2.24) is 0 Å². The van der Waals surface area contributed by atoms with Crippen molar-refractivity contribution in [3.8, 4) is 11.1 Å². The van der Waals surface area contributed by atoms with E-state index in [2.05, 4.69) is 50.3 Å². The second-order valence-electron chi connectivity index (χ2n) is 8.29. The van der Waals surface area contributed by atoms with E-state index < -0.39 is 0 Å². The maximum Gasteiger partial charge on any atom is 0.0642 e. The first-order chi connectivity index (χ1) is 12.0. The van der Waals surface area contributed by atoms with Crippen LogP contribution in [-0.2, 0) is 5.41 Å². The molecule has 1 saturated carbocycles. The maximum atomic E-state index is 6.85. The van der Waals surface area contributed by atoms with Gasteiger partial charge in [-0.25, -0.2) is 0 Å². The zero-order valence-corrected chi connectivity index (χ0v) is 16.2. The molecule has 4 atom stereocenters. The predicted octanol–water partition coefficient (Wildman–Crippen LogP) is 7.27. The minimum atomic E-state index is -0.108. The van der Waals surface area contributed by atoms with Gasteiger partial charge in [0.05, 0.1) is 10.0 Å². The molecule has 0 N–H and O–H groups in total. The Balaban J connectivity index is 1.89. The predicted molar refractivity (Wildman–Crippen MR) is 106 cm³/mol. The first-order valence-electron chi connectivity index (χ1n) is 9.30. The van der Waals surface area contributed by atoms with Crippen molar-refractivity contribution < 1.29 is 0 Å². The Bertz CT molecular complexity index is 910. The monoisotopic (exact) mass is 368 g/mol. The van der Waals surface area contributed by atoms with Gasteiger partial charge in [0.15, 0.2) is 0 Å². The van der Waals surface area contributed by atoms with Crippen LogP contribution in [0.4, 0.5) is 0 Å². The van der Waals surface area contributed by atoms with E-state index in [9.17, 15) is 0 Å². The summed E-state index contributed by atoms with van der Waals surface area (Å²) in [5.74, 6) is 2.09. The molecule has 4 unspecified atom stereocenters. The van der Waals surface area contributed by atoms with Gasteiger partial charge in [-0.2, -0.15) is 0 Å². The Labute approximate surface area is 159 Å². The van der Waals surface area contributed by atoms with Gasteiger partial charge in [-0.1, -0.05) is 72.1 Å². The Morgan fingerprint density at radius 3 is 2.60 bits per heavy atom.